The molecule has 1 rings (SSSR count). The zero-order valence-electron chi connectivity index (χ0n) is 26.9. The highest BCUT2D eigenvalue weighted by molar-refractivity contribution is 5.83. The number of hydrogen-bond acceptors (Lipinski definition) is 5. The highest BCUT2D eigenvalue weighted by atomic mass is 16.7. The van der Waals surface area contributed by atoms with Gasteiger partial charge >= 0.3 is 5.97 Å². The molecule has 0 aromatic heterocycles. The van der Waals surface area contributed by atoms with Crippen LogP contribution in [-0.4, -0.2) is 53.5 Å². The summed E-state index contributed by atoms with van der Waals surface area (Å²) in [5.41, 5.74) is -0.581. The maximum atomic E-state index is 13.2. The van der Waals surface area contributed by atoms with Crippen molar-refractivity contribution in [3.8, 4) is 0 Å². The number of nitrogens with one attached hydrogen (secondary N) is 2. The van der Waals surface area contributed by atoms with Crippen LogP contribution < -0.4 is 10.6 Å². The van der Waals surface area contributed by atoms with E-state index in [0.29, 0.717) is 19.4 Å². The normalized spacial score (nSPS) is 19.5. The minimum absolute atomic E-state index is 0.108. The summed E-state index contributed by atoms with van der Waals surface area (Å²) in [5.74, 6) is -2.44. The van der Waals surface area contributed by atoms with Crippen LogP contribution in [0.15, 0.2) is 12.2 Å². The Morgan fingerprint density at radius 2 is 1.39 bits per heavy atom. The minimum atomic E-state index is -1.03. The van der Waals surface area contributed by atoms with Gasteiger partial charge in [-0.1, -0.05) is 91.2 Å². The van der Waals surface area contributed by atoms with Gasteiger partial charge in [0.25, 0.3) is 0 Å². The summed E-state index contributed by atoms with van der Waals surface area (Å²) in [7, 11) is 0. The molecule has 8 heteroatoms. The van der Waals surface area contributed by atoms with Crippen LogP contribution in [0.4, 0.5) is 0 Å². The predicted octanol–water partition coefficient (Wildman–Crippen LogP) is 7.06. The summed E-state index contributed by atoms with van der Waals surface area (Å²) in [5, 5.41) is 15.3. The third-order valence-electron chi connectivity index (χ3n) is 7.80. The fourth-order valence-corrected chi connectivity index (χ4v) is 5.18. The summed E-state index contributed by atoms with van der Waals surface area (Å²) in [6.45, 7) is 11.7. The van der Waals surface area contributed by atoms with Crippen molar-refractivity contribution >= 4 is 17.8 Å². The Hall–Kier alpha value is -1.93. The molecule has 1 fully saturated rings. The second-order valence-electron chi connectivity index (χ2n) is 12.8. The van der Waals surface area contributed by atoms with Crippen LogP contribution in [0.2, 0.25) is 0 Å². The average Bonchev–Trinajstić information content (AvgIpc) is 2.90. The van der Waals surface area contributed by atoms with E-state index in [1.54, 1.807) is 13.8 Å². The van der Waals surface area contributed by atoms with E-state index in [9.17, 15) is 19.5 Å². The van der Waals surface area contributed by atoms with E-state index >= 15 is 0 Å². The van der Waals surface area contributed by atoms with Crippen LogP contribution in [-0.2, 0) is 23.9 Å². The molecule has 238 valence electrons. The van der Waals surface area contributed by atoms with E-state index in [1.165, 1.54) is 51.4 Å². The van der Waals surface area contributed by atoms with E-state index in [-0.39, 0.29) is 18.2 Å². The monoisotopic (exact) mass is 580 g/mol. The Morgan fingerprint density at radius 1 is 0.829 bits per heavy atom. The number of rotatable bonds is 22. The van der Waals surface area contributed by atoms with Gasteiger partial charge in [-0.05, 0) is 52.4 Å². The molecule has 3 unspecified atom stereocenters. The minimum Gasteiger partial charge on any atom is -0.481 e. The van der Waals surface area contributed by atoms with Gasteiger partial charge in [-0.15, -0.1) is 0 Å². The molecule has 1 heterocycles. The van der Waals surface area contributed by atoms with Gasteiger partial charge in [-0.2, -0.15) is 0 Å². The lowest BCUT2D eigenvalue weighted by atomic mass is 9.85. The summed E-state index contributed by atoms with van der Waals surface area (Å²) in [6.07, 6.45) is 20.0. The molecule has 3 atom stereocenters. The van der Waals surface area contributed by atoms with Crippen LogP contribution in [0.3, 0.4) is 0 Å². The van der Waals surface area contributed by atoms with E-state index < -0.39 is 35.4 Å². The molecule has 3 N–H and O–H groups in total. The van der Waals surface area contributed by atoms with Crippen molar-refractivity contribution in [2.24, 2.45) is 5.41 Å². The van der Waals surface area contributed by atoms with Crippen molar-refractivity contribution in [1.82, 2.24) is 10.6 Å². The standard InChI is InChI=1S/C33H60N2O6/c1-7-9-10-11-12-13-14-15-16-17-18-19-20-21-22-23-28(36)34-26(8-2)27(24-29(37)38)35-31(39)30-32(3,4)25-40-33(5,6)41-30/h15-16,26-27,30H,7-14,17-25H2,1-6H3,(H,34,36)(H,35,39)(H,37,38)/b16-15-. The molecule has 0 spiro atoms. The van der Waals surface area contributed by atoms with Gasteiger partial charge in [0.05, 0.1) is 19.1 Å². The smallest absolute Gasteiger partial charge is 0.305 e. The largest absolute Gasteiger partial charge is 0.481 e. The van der Waals surface area contributed by atoms with Gasteiger partial charge in [0.1, 0.15) is 6.10 Å². The fraction of sp³-hybridized carbons (Fsp3) is 0.848. The van der Waals surface area contributed by atoms with E-state index in [2.05, 4.69) is 29.7 Å². The molecule has 8 nitrogen and oxygen atoms in total. The molecule has 0 bridgehead atoms. The lowest BCUT2D eigenvalue weighted by molar-refractivity contribution is -0.304. The van der Waals surface area contributed by atoms with Crippen molar-refractivity contribution in [1.29, 1.82) is 0 Å². The summed E-state index contributed by atoms with van der Waals surface area (Å²) in [4.78, 5) is 37.5. The number of carbonyl (C=O) groups is 3. The van der Waals surface area contributed by atoms with Crippen LogP contribution in [0.1, 0.15) is 144 Å². The molecule has 1 aliphatic rings. The number of carboxylic acids is 1. The third-order valence-corrected chi connectivity index (χ3v) is 7.80. The Kier molecular flexibility index (Phi) is 18.1. The third kappa shape index (κ3) is 16.3. The topological polar surface area (TPSA) is 114 Å². The predicted molar refractivity (Wildman–Crippen MR) is 165 cm³/mol. The van der Waals surface area contributed by atoms with Crippen molar-refractivity contribution in [2.45, 2.75) is 168 Å². The summed E-state index contributed by atoms with van der Waals surface area (Å²) in [6, 6.07) is -1.23. The zero-order chi connectivity index (χ0) is 30.7. The maximum absolute atomic E-state index is 13.2. The Morgan fingerprint density at radius 3 is 1.95 bits per heavy atom. The molecular formula is C33H60N2O6. The van der Waals surface area contributed by atoms with E-state index in [4.69, 9.17) is 9.47 Å². The van der Waals surface area contributed by atoms with Crippen molar-refractivity contribution < 1.29 is 29.0 Å². The number of amides is 2. The first-order valence-electron chi connectivity index (χ1n) is 16.2. The highest BCUT2D eigenvalue weighted by Crippen LogP contribution is 2.35. The second kappa shape index (κ2) is 20.1. The van der Waals surface area contributed by atoms with Crippen LogP contribution in [0, 0.1) is 5.41 Å². The first kappa shape index (κ1) is 37.1. The van der Waals surface area contributed by atoms with E-state index in [1.807, 2.05) is 20.8 Å². The summed E-state index contributed by atoms with van der Waals surface area (Å²) < 4.78 is 11.6. The van der Waals surface area contributed by atoms with Gasteiger partial charge in [0.2, 0.25) is 11.8 Å². The zero-order valence-corrected chi connectivity index (χ0v) is 26.9. The second-order valence-corrected chi connectivity index (χ2v) is 12.8. The number of hydrogen-bond donors (Lipinski definition) is 3. The molecular weight excluding hydrogens is 520 g/mol. The van der Waals surface area contributed by atoms with Gasteiger partial charge in [-0.3, -0.25) is 14.4 Å². The number of unbranched alkanes of at least 4 members (excludes halogenated alkanes) is 11. The number of aliphatic carboxylic acids is 1. The molecule has 1 aliphatic heterocycles. The van der Waals surface area contributed by atoms with Gasteiger partial charge in [-0.25, -0.2) is 0 Å². The highest BCUT2D eigenvalue weighted by Gasteiger charge is 2.46. The lowest BCUT2D eigenvalue weighted by Crippen LogP contribution is -2.60. The fourth-order valence-electron chi connectivity index (χ4n) is 5.18. The Labute approximate surface area is 249 Å². The molecule has 2 amide bonds. The van der Waals surface area contributed by atoms with Gasteiger partial charge < -0.3 is 25.2 Å². The number of allylic oxidation sites excluding steroid dienone is 2. The van der Waals surface area contributed by atoms with Crippen LogP contribution in [0.25, 0.3) is 0 Å². The molecule has 0 saturated carbocycles. The summed E-state index contributed by atoms with van der Waals surface area (Å²) >= 11 is 0. The first-order valence-corrected chi connectivity index (χ1v) is 16.2. The van der Waals surface area contributed by atoms with Crippen molar-refractivity contribution in [2.75, 3.05) is 6.61 Å². The first-order chi connectivity index (χ1) is 19.4. The van der Waals surface area contributed by atoms with Crippen molar-refractivity contribution in [3.63, 3.8) is 0 Å². The quantitative estimate of drug-likeness (QED) is 0.0933. The van der Waals surface area contributed by atoms with Crippen molar-refractivity contribution in [3.05, 3.63) is 12.2 Å². The Balaban J connectivity index is 2.37. The molecule has 0 radical (unpaired) electrons. The molecule has 0 aromatic carbocycles. The van der Waals surface area contributed by atoms with Gasteiger partial charge in [0.15, 0.2) is 5.79 Å². The van der Waals surface area contributed by atoms with E-state index in [0.717, 1.165) is 32.1 Å². The number of carboxylic acid groups (broad SMARTS) is 1. The van der Waals surface area contributed by atoms with Crippen LogP contribution >= 0.6 is 0 Å². The SMILES string of the molecule is CCCCCCCC/C=C\CCCCCCCC(=O)NC(CC)C(CC(=O)O)NC(=O)C1OC(C)(C)OCC1(C)C. The van der Waals surface area contributed by atoms with Crippen LogP contribution in [0.5, 0.6) is 0 Å². The average molecular weight is 581 g/mol. The number of carbonyl (C=O) groups excluding carboxylic acids is 2. The molecule has 0 aliphatic carbocycles. The Bertz CT molecular complexity index is 795. The van der Waals surface area contributed by atoms with Gasteiger partial charge in [0, 0.05) is 17.9 Å². The maximum Gasteiger partial charge on any atom is 0.305 e. The molecule has 0 aromatic rings. The molecule has 41 heavy (non-hydrogen) atoms. The lowest BCUT2D eigenvalue weighted by Gasteiger charge is -2.45. The number of ether oxygens (including phenoxy) is 2. The molecule has 1 saturated heterocycles.